The van der Waals surface area contributed by atoms with Crippen molar-refractivity contribution in [1.82, 2.24) is 4.90 Å². The molecule has 0 radical (unpaired) electrons. The number of aromatic carboxylic acids is 1. The van der Waals surface area contributed by atoms with Crippen molar-refractivity contribution in [3.63, 3.8) is 0 Å². The molecular weight excluding hydrogens is 256 g/mol. The van der Waals surface area contributed by atoms with Crippen LogP contribution in [0.4, 0.5) is 11.4 Å². The maximum Gasteiger partial charge on any atom is 0.337 e. The van der Waals surface area contributed by atoms with Crippen LogP contribution in [0.2, 0.25) is 0 Å². The van der Waals surface area contributed by atoms with Gasteiger partial charge in [-0.15, -0.1) is 0 Å². The minimum atomic E-state index is -0.959. The lowest BCUT2D eigenvalue weighted by atomic mass is 10.1. The number of carboxylic acids is 1. The van der Waals surface area contributed by atoms with E-state index in [9.17, 15) is 9.90 Å². The summed E-state index contributed by atoms with van der Waals surface area (Å²) in [5.41, 5.74) is 7.07. The Kier molecular flexibility index (Phi) is 4.43. The van der Waals surface area contributed by atoms with E-state index >= 15 is 0 Å². The van der Waals surface area contributed by atoms with E-state index in [4.69, 9.17) is 11.0 Å². The summed E-state index contributed by atoms with van der Waals surface area (Å²) >= 11 is 0. The normalized spacial score (nSPS) is 15.8. The van der Waals surface area contributed by atoms with Gasteiger partial charge in [-0.3, -0.25) is 4.90 Å². The minimum Gasteiger partial charge on any atom is -0.478 e. The van der Waals surface area contributed by atoms with Gasteiger partial charge in [-0.1, -0.05) is 0 Å². The minimum absolute atomic E-state index is 0.246. The maximum absolute atomic E-state index is 11.3. The first kappa shape index (κ1) is 14.2. The number of hydrogen-bond acceptors (Lipinski definition) is 5. The van der Waals surface area contributed by atoms with E-state index in [2.05, 4.69) is 15.9 Å². The lowest BCUT2D eigenvalue weighted by Gasteiger charge is -2.36. The van der Waals surface area contributed by atoms with Crippen LogP contribution in [0.15, 0.2) is 18.2 Å². The molecule has 0 unspecified atom stereocenters. The number of nitrogens with zero attached hydrogens (tertiary/aromatic N) is 3. The first-order chi connectivity index (χ1) is 9.61. The van der Waals surface area contributed by atoms with E-state index in [1.165, 1.54) is 6.07 Å². The standard InChI is InChI=1S/C14H18N4O2/c15-4-1-5-17-6-8-18(9-7-17)13-3-2-11(16)10-12(13)14(19)20/h2-3,10H,1,5-9,16H2,(H,19,20). The Morgan fingerprint density at radius 1 is 1.35 bits per heavy atom. The Morgan fingerprint density at radius 2 is 2.05 bits per heavy atom. The highest BCUT2D eigenvalue weighted by Crippen LogP contribution is 2.24. The number of nitrogens with two attached hydrogens (primary N) is 1. The van der Waals surface area contributed by atoms with E-state index in [0.29, 0.717) is 17.8 Å². The summed E-state index contributed by atoms with van der Waals surface area (Å²) < 4.78 is 0. The van der Waals surface area contributed by atoms with Gasteiger partial charge in [0.1, 0.15) is 0 Å². The van der Waals surface area contributed by atoms with Crippen molar-refractivity contribution in [3.05, 3.63) is 23.8 Å². The topological polar surface area (TPSA) is 93.6 Å². The Balaban J connectivity index is 2.07. The summed E-state index contributed by atoms with van der Waals surface area (Å²) in [6, 6.07) is 7.13. The van der Waals surface area contributed by atoms with Crippen LogP contribution in [0.3, 0.4) is 0 Å². The van der Waals surface area contributed by atoms with Gasteiger partial charge in [-0.2, -0.15) is 5.26 Å². The molecule has 0 spiro atoms. The Bertz CT molecular complexity index is 530. The zero-order valence-electron chi connectivity index (χ0n) is 11.2. The van der Waals surface area contributed by atoms with Crippen LogP contribution in [-0.4, -0.2) is 48.7 Å². The van der Waals surface area contributed by atoms with Gasteiger partial charge in [-0.25, -0.2) is 4.79 Å². The molecule has 0 bridgehead atoms. The predicted molar refractivity (Wildman–Crippen MR) is 76.7 cm³/mol. The number of carboxylic acid groups (broad SMARTS) is 1. The molecule has 1 aliphatic heterocycles. The van der Waals surface area contributed by atoms with Gasteiger partial charge < -0.3 is 15.7 Å². The Labute approximate surface area is 118 Å². The second-order valence-corrected chi connectivity index (χ2v) is 4.82. The average Bonchev–Trinajstić information content (AvgIpc) is 2.45. The van der Waals surface area contributed by atoms with Gasteiger partial charge in [0, 0.05) is 44.8 Å². The predicted octanol–water partition coefficient (Wildman–Crippen LogP) is 1.00. The highest BCUT2D eigenvalue weighted by Gasteiger charge is 2.21. The number of benzene rings is 1. The molecule has 0 atom stereocenters. The second-order valence-electron chi connectivity index (χ2n) is 4.82. The van der Waals surface area contributed by atoms with E-state index in [1.807, 2.05) is 0 Å². The molecular formula is C14H18N4O2. The van der Waals surface area contributed by atoms with Crippen LogP contribution in [0.1, 0.15) is 16.8 Å². The molecule has 3 N–H and O–H groups in total. The summed E-state index contributed by atoms with van der Waals surface area (Å²) in [4.78, 5) is 15.6. The fraction of sp³-hybridized carbons (Fsp3) is 0.429. The molecule has 1 aromatic carbocycles. The highest BCUT2D eigenvalue weighted by molar-refractivity contribution is 5.95. The zero-order valence-corrected chi connectivity index (χ0v) is 11.2. The van der Waals surface area contributed by atoms with Gasteiger partial charge in [0.2, 0.25) is 0 Å². The fourth-order valence-electron chi connectivity index (χ4n) is 2.42. The lowest BCUT2D eigenvalue weighted by Crippen LogP contribution is -2.47. The fourth-order valence-corrected chi connectivity index (χ4v) is 2.42. The highest BCUT2D eigenvalue weighted by atomic mass is 16.4. The number of hydrogen-bond donors (Lipinski definition) is 2. The molecule has 1 saturated heterocycles. The van der Waals surface area contributed by atoms with Crippen molar-refractivity contribution in [2.75, 3.05) is 43.4 Å². The molecule has 0 saturated carbocycles. The van der Waals surface area contributed by atoms with Crippen molar-refractivity contribution < 1.29 is 9.90 Å². The van der Waals surface area contributed by atoms with Crippen molar-refractivity contribution in [1.29, 1.82) is 5.26 Å². The average molecular weight is 274 g/mol. The van der Waals surface area contributed by atoms with Gasteiger partial charge in [-0.05, 0) is 18.2 Å². The van der Waals surface area contributed by atoms with Gasteiger partial charge >= 0.3 is 5.97 Å². The number of nitrogen functional groups attached to an aromatic ring is 1. The maximum atomic E-state index is 11.3. The quantitative estimate of drug-likeness (QED) is 0.796. The lowest BCUT2D eigenvalue weighted by molar-refractivity contribution is 0.0697. The molecule has 1 heterocycles. The monoisotopic (exact) mass is 274 g/mol. The molecule has 1 aromatic rings. The number of anilines is 2. The van der Waals surface area contributed by atoms with E-state index < -0.39 is 5.97 Å². The third kappa shape index (κ3) is 3.19. The Morgan fingerprint density at radius 3 is 2.65 bits per heavy atom. The number of piperazine rings is 1. The van der Waals surface area contributed by atoms with Crippen molar-refractivity contribution >= 4 is 17.3 Å². The van der Waals surface area contributed by atoms with Crippen molar-refractivity contribution in [2.45, 2.75) is 6.42 Å². The molecule has 0 aliphatic carbocycles. The van der Waals surface area contributed by atoms with Gasteiger partial charge in [0.15, 0.2) is 0 Å². The molecule has 106 valence electrons. The summed E-state index contributed by atoms with van der Waals surface area (Å²) in [7, 11) is 0. The van der Waals surface area contributed by atoms with Crippen molar-refractivity contribution in [3.8, 4) is 6.07 Å². The van der Waals surface area contributed by atoms with E-state index in [0.717, 1.165) is 32.7 Å². The van der Waals surface area contributed by atoms with Crippen LogP contribution in [0, 0.1) is 11.3 Å². The van der Waals surface area contributed by atoms with Crippen LogP contribution in [-0.2, 0) is 0 Å². The first-order valence-electron chi connectivity index (χ1n) is 6.59. The van der Waals surface area contributed by atoms with Crippen LogP contribution < -0.4 is 10.6 Å². The SMILES string of the molecule is N#CCCN1CCN(c2ccc(N)cc2C(=O)O)CC1. The van der Waals surface area contributed by atoms with Crippen LogP contribution in [0.25, 0.3) is 0 Å². The molecule has 6 nitrogen and oxygen atoms in total. The Hall–Kier alpha value is -2.26. The van der Waals surface area contributed by atoms with Crippen LogP contribution >= 0.6 is 0 Å². The molecule has 1 aliphatic rings. The molecule has 2 rings (SSSR count). The number of rotatable bonds is 4. The smallest absolute Gasteiger partial charge is 0.337 e. The molecule has 0 amide bonds. The third-order valence-electron chi connectivity index (χ3n) is 3.50. The molecule has 6 heteroatoms. The number of nitriles is 1. The van der Waals surface area contributed by atoms with Gasteiger partial charge in [0.25, 0.3) is 0 Å². The van der Waals surface area contributed by atoms with Crippen LogP contribution in [0.5, 0.6) is 0 Å². The largest absolute Gasteiger partial charge is 0.478 e. The van der Waals surface area contributed by atoms with Gasteiger partial charge in [0.05, 0.1) is 17.3 Å². The summed E-state index contributed by atoms with van der Waals surface area (Å²) in [5.74, 6) is -0.959. The summed E-state index contributed by atoms with van der Waals surface area (Å²) in [6.07, 6.45) is 0.530. The molecule has 0 aromatic heterocycles. The summed E-state index contributed by atoms with van der Waals surface area (Å²) in [5, 5.41) is 17.8. The molecule has 1 fully saturated rings. The number of carbonyl (C=O) groups is 1. The first-order valence-corrected chi connectivity index (χ1v) is 6.59. The third-order valence-corrected chi connectivity index (χ3v) is 3.50. The molecule has 20 heavy (non-hydrogen) atoms. The van der Waals surface area contributed by atoms with E-state index in [-0.39, 0.29) is 5.56 Å². The van der Waals surface area contributed by atoms with E-state index in [1.54, 1.807) is 12.1 Å². The zero-order chi connectivity index (χ0) is 14.5. The van der Waals surface area contributed by atoms with Crippen molar-refractivity contribution in [2.24, 2.45) is 0 Å². The second kappa shape index (κ2) is 6.26. The summed E-state index contributed by atoms with van der Waals surface area (Å²) in [6.45, 7) is 3.97.